The molecular formula is C19H24N4O3. The summed E-state index contributed by atoms with van der Waals surface area (Å²) in [7, 11) is 3.35. The second-order valence-electron chi connectivity index (χ2n) is 7.11. The van der Waals surface area contributed by atoms with E-state index in [9.17, 15) is 15.3 Å². The van der Waals surface area contributed by atoms with Crippen molar-refractivity contribution in [3.8, 4) is 12.1 Å². The molecule has 0 saturated carbocycles. The number of benzene rings is 1. The quantitative estimate of drug-likeness (QED) is 0.795. The molecule has 0 aliphatic carbocycles. The predicted molar refractivity (Wildman–Crippen MR) is 96.6 cm³/mol. The van der Waals surface area contributed by atoms with Crippen molar-refractivity contribution in [3.63, 3.8) is 0 Å². The summed E-state index contributed by atoms with van der Waals surface area (Å²) in [6.45, 7) is 5.19. The lowest BCUT2D eigenvalue weighted by Gasteiger charge is -2.44. The Kier molecular flexibility index (Phi) is 6.20. The molecule has 1 aromatic carbocycles. The number of likely N-dealkylation sites (N-methyl/N-ethyl adjacent to an activating group) is 1. The van der Waals surface area contributed by atoms with Crippen molar-refractivity contribution in [2.24, 2.45) is 0 Å². The van der Waals surface area contributed by atoms with E-state index >= 15 is 0 Å². The molecule has 138 valence electrons. The van der Waals surface area contributed by atoms with Gasteiger partial charge in [0.05, 0.1) is 35.1 Å². The van der Waals surface area contributed by atoms with E-state index in [1.807, 2.05) is 18.7 Å². The first-order valence-corrected chi connectivity index (χ1v) is 8.41. The summed E-state index contributed by atoms with van der Waals surface area (Å²) in [6.07, 6.45) is -0.271. The van der Waals surface area contributed by atoms with Crippen LogP contribution in [-0.2, 0) is 14.3 Å². The highest BCUT2D eigenvalue weighted by atomic mass is 16.5. The average Bonchev–Trinajstić information content (AvgIpc) is 2.59. The first kappa shape index (κ1) is 19.7. The van der Waals surface area contributed by atoms with Gasteiger partial charge in [-0.15, -0.1) is 0 Å². The van der Waals surface area contributed by atoms with E-state index in [1.165, 1.54) is 4.90 Å². The van der Waals surface area contributed by atoms with Crippen LogP contribution in [0, 0.1) is 22.7 Å². The minimum atomic E-state index is -0.479. The van der Waals surface area contributed by atoms with Crippen LogP contribution in [0.2, 0.25) is 0 Å². The Morgan fingerprint density at radius 1 is 1.35 bits per heavy atom. The minimum Gasteiger partial charge on any atom is -0.369 e. The first-order chi connectivity index (χ1) is 12.3. The fraction of sp³-hybridized carbons (Fsp3) is 0.526. The van der Waals surface area contributed by atoms with Gasteiger partial charge in [-0.25, -0.2) is 0 Å². The number of morpholine rings is 1. The molecule has 1 heterocycles. The number of amides is 1. The number of ether oxygens (including phenoxy) is 2. The molecule has 0 spiro atoms. The van der Waals surface area contributed by atoms with Gasteiger partial charge in [0.2, 0.25) is 5.91 Å². The van der Waals surface area contributed by atoms with E-state index in [1.54, 1.807) is 32.3 Å². The third-order valence-corrected chi connectivity index (χ3v) is 4.10. The van der Waals surface area contributed by atoms with Crippen molar-refractivity contribution >= 4 is 11.6 Å². The van der Waals surface area contributed by atoms with E-state index in [0.29, 0.717) is 29.9 Å². The molecule has 1 aliphatic rings. The van der Waals surface area contributed by atoms with Crippen molar-refractivity contribution in [2.45, 2.75) is 25.6 Å². The third-order valence-electron chi connectivity index (χ3n) is 4.10. The molecule has 1 aromatic rings. The molecule has 7 nitrogen and oxygen atoms in total. The number of hydrogen-bond acceptors (Lipinski definition) is 6. The highest BCUT2D eigenvalue weighted by Crippen LogP contribution is 2.31. The summed E-state index contributed by atoms with van der Waals surface area (Å²) in [5, 5.41) is 18.9. The number of nitrogens with zero attached hydrogens (tertiary/aromatic N) is 4. The van der Waals surface area contributed by atoms with Gasteiger partial charge in [-0.2, -0.15) is 10.5 Å². The molecule has 1 fully saturated rings. The number of para-hydroxylation sites is 1. The Balaban J connectivity index is 2.17. The maximum atomic E-state index is 11.6. The Morgan fingerprint density at radius 2 is 1.96 bits per heavy atom. The molecule has 1 aliphatic heterocycles. The van der Waals surface area contributed by atoms with Crippen LogP contribution in [0.5, 0.6) is 0 Å². The summed E-state index contributed by atoms with van der Waals surface area (Å²) < 4.78 is 11.6. The van der Waals surface area contributed by atoms with Crippen LogP contribution in [0.15, 0.2) is 18.2 Å². The van der Waals surface area contributed by atoms with E-state index in [4.69, 9.17) is 9.47 Å². The molecule has 0 unspecified atom stereocenters. The Labute approximate surface area is 154 Å². The van der Waals surface area contributed by atoms with Crippen LogP contribution >= 0.6 is 0 Å². The summed E-state index contributed by atoms with van der Waals surface area (Å²) in [5.41, 5.74) is 1.07. The zero-order valence-corrected chi connectivity index (χ0v) is 15.7. The zero-order valence-electron chi connectivity index (χ0n) is 15.7. The molecule has 1 saturated heterocycles. The van der Waals surface area contributed by atoms with Crippen LogP contribution in [0.25, 0.3) is 0 Å². The lowest BCUT2D eigenvalue weighted by atomic mass is 10.0. The Morgan fingerprint density at radius 3 is 2.50 bits per heavy atom. The number of anilines is 1. The normalized spacial score (nSPS) is 18.7. The van der Waals surface area contributed by atoms with Gasteiger partial charge in [0.1, 0.15) is 18.7 Å². The van der Waals surface area contributed by atoms with Gasteiger partial charge in [-0.3, -0.25) is 4.79 Å². The van der Waals surface area contributed by atoms with Crippen LogP contribution in [-0.4, -0.2) is 62.9 Å². The van der Waals surface area contributed by atoms with E-state index in [2.05, 4.69) is 12.1 Å². The maximum Gasteiger partial charge on any atom is 0.248 e. The third kappa shape index (κ3) is 4.72. The van der Waals surface area contributed by atoms with Gasteiger partial charge >= 0.3 is 0 Å². The SMILES string of the molecule is CN(C)C(=O)COC[C@H]1CN(c2c(C#N)cccc2C#N)CC(C)(C)O1. The molecule has 1 atom stereocenters. The lowest BCUT2D eigenvalue weighted by Crippen LogP contribution is -2.54. The molecule has 7 heteroatoms. The molecule has 2 rings (SSSR count). The van der Waals surface area contributed by atoms with Gasteiger partial charge in [0.25, 0.3) is 0 Å². The molecule has 0 N–H and O–H groups in total. The summed E-state index contributed by atoms with van der Waals surface area (Å²) in [6, 6.07) is 9.46. The molecule has 0 aromatic heterocycles. The molecule has 1 amide bonds. The van der Waals surface area contributed by atoms with Gasteiger partial charge in [-0.05, 0) is 26.0 Å². The maximum absolute atomic E-state index is 11.6. The monoisotopic (exact) mass is 356 g/mol. The second-order valence-corrected chi connectivity index (χ2v) is 7.11. The highest BCUT2D eigenvalue weighted by molar-refractivity contribution is 5.76. The second kappa shape index (κ2) is 8.18. The van der Waals surface area contributed by atoms with Gasteiger partial charge in [-0.1, -0.05) is 6.07 Å². The van der Waals surface area contributed by atoms with Gasteiger partial charge < -0.3 is 19.3 Å². The van der Waals surface area contributed by atoms with Crippen molar-refractivity contribution in [1.29, 1.82) is 10.5 Å². The standard InChI is InChI=1S/C19H24N4O3/c1-19(2)13-23(18-14(8-20)6-5-7-15(18)9-21)10-16(26-19)11-25-12-17(24)22(3)4/h5-7,16H,10-13H2,1-4H3/t16-/m1/s1. The lowest BCUT2D eigenvalue weighted by molar-refractivity contribution is -0.139. The van der Waals surface area contributed by atoms with E-state index in [-0.39, 0.29) is 25.2 Å². The first-order valence-electron chi connectivity index (χ1n) is 8.41. The zero-order chi connectivity index (χ0) is 19.3. The van der Waals surface area contributed by atoms with Crippen LogP contribution < -0.4 is 4.90 Å². The molecular weight excluding hydrogens is 332 g/mol. The molecule has 0 bridgehead atoms. The average molecular weight is 356 g/mol. The largest absolute Gasteiger partial charge is 0.369 e. The summed E-state index contributed by atoms with van der Waals surface area (Å²) in [4.78, 5) is 15.1. The minimum absolute atomic E-state index is 0.00842. The number of rotatable bonds is 5. The van der Waals surface area contributed by atoms with E-state index in [0.717, 1.165) is 0 Å². The molecule has 26 heavy (non-hydrogen) atoms. The van der Waals surface area contributed by atoms with Gasteiger partial charge in [0, 0.05) is 27.2 Å². The van der Waals surface area contributed by atoms with E-state index < -0.39 is 5.60 Å². The number of hydrogen-bond donors (Lipinski definition) is 0. The fourth-order valence-corrected chi connectivity index (χ4v) is 3.02. The fourth-order valence-electron chi connectivity index (χ4n) is 3.02. The number of carbonyl (C=O) groups is 1. The van der Waals surface area contributed by atoms with Crippen LogP contribution in [0.1, 0.15) is 25.0 Å². The van der Waals surface area contributed by atoms with Crippen molar-refractivity contribution in [3.05, 3.63) is 29.3 Å². The van der Waals surface area contributed by atoms with Crippen LogP contribution in [0.3, 0.4) is 0 Å². The Bertz CT molecular complexity index is 714. The van der Waals surface area contributed by atoms with Crippen LogP contribution in [0.4, 0.5) is 5.69 Å². The van der Waals surface area contributed by atoms with Gasteiger partial charge in [0.15, 0.2) is 0 Å². The Hall–Kier alpha value is -2.61. The summed E-state index contributed by atoms with van der Waals surface area (Å²) in [5.74, 6) is -0.112. The van der Waals surface area contributed by atoms with Crippen molar-refractivity contribution in [2.75, 3.05) is 45.3 Å². The van der Waals surface area contributed by atoms with Crippen molar-refractivity contribution in [1.82, 2.24) is 4.90 Å². The van der Waals surface area contributed by atoms with Crippen molar-refractivity contribution < 1.29 is 14.3 Å². The number of carbonyl (C=O) groups excluding carboxylic acids is 1. The summed E-state index contributed by atoms with van der Waals surface area (Å²) >= 11 is 0. The molecule has 0 radical (unpaired) electrons. The highest BCUT2D eigenvalue weighted by Gasteiger charge is 2.35. The number of nitriles is 2. The topological polar surface area (TPSA) is 89.6 Å². The predicted octanol–water partition coefficient (Wildman–Crippen LogP) is 1.52. The smallest absolute Gasteiger partial charge is 0.248 e.